The zero-order valence-electron chi connectivity index (χ0n) is 11.4. The van der Waals surface area contributed by atoms with E-state index in [0.717, 1.165) is 37.5 Å². The zero-order chi connectivity index (χ0) is 12.7. The summed E-state index contributed by atoms with van der Waals surface area (Å²) in [6.07, 6.45) is 2.29. The molecule has 0 amide bonds. The Morgan fingerprint density at radius 2 is 2.06 bits per heavy atom. The minimum Gasteiger partial charge on any atom is -0.475 e. The van der Waals surface area contributed by atoms with E-state index in [0.29, 0.717) is 0 Å². The Morgan fingerprint density at radius 3 is 2.65 bits per heavy atom. The topological polar surface area (TPSA) is 34.1 Å². The standard InChI is InChI=1S/C14H24N2O/c1-5-7-13-8-12(10-15-6-2)9-14(16-13)17-11(3)4/h8-9,11,15H,5-7,10H2,1-4H3. The molecule has 0 aliphatic rings. The van der Waals surface area contributed by atoms with Crippen LogP contribution < -0.4 is 10.1 Å². The van der Waals surface area contributed by atoms with Gasteiger partial charge in [-0.2, -0.15) is 0 Å². The van der Waals surface area contributed by atoms with E-state index in [-0.39, 0.29) is 6.10 Å². The van der Waals surface area contributed by atoms with Crippen molar-refractivity contribution in [3.63, 3.8) is 0 Å². The summed E-state index contributed by atoms with van der Waals surface area (Å²) >= 11 is 0. The molecule has 1 aromatic rings. The average molecular weight is 236 g/mol. The molecule has 0 bridgehead atoms. The van der Waals surface area contributed by atoms with Crippen LogP contribution in [0.2, 0.25) is 0 Å². The number of pyridine rings is 1. The molecule has 0 saturated heterocycles. The predicted octanol–water partition coefficient (Wildman–Crippen LogP) is 2.93. The van der Waals surface area contributed by atoms with Gasteiger partial charge >= 0.3 is 0 Å². The first kappa shape index (κ1) is 14.0. The molecular formula is C14H24N2O. The number of aryl methyl sites for hydroxylation is 1. The van der Waals surface area contributed by atoms with Crippen LogP contribution in [0.3, 0.4) is 0 Å². The summed E-state index contributed by atoms with van der Waals surface area (Å²) in [7, 11) is 0. The maximum Gasteiger partial charge on any atom is 0.214 e. The molecular weight excluding hydrogens is 212 g/mol. The Kier molecular flexibility index (Phi) is 5.98. The van der Waals surface area contributed by atoms with Gasteiger partial charge in [0.05, 0.1) is 6.10 Å². The number of aromatic nitrogens is 1. The van der Waals surface area contributed by atoms with Crippen molar-refractivity contribution >= 4 is 0 Å². The summed E-state index contributed by atoms with van der Waals surface area (Å²) in [6.45, 7) is 10.2. The molecule has 1 rings (SSSR count). The van der Waals surface area contributed by atoms with Gasteiger partial charge in [-0.15, -0.1) is 0 Å². The third kappa shape index (κ3) is 5.18. The second kappa shape index (κ2) is 7.28. The molecule has 17 heavy (non-hydrogen) atoms. The molecule has 0 aliphatic carbocycles. The van der Waals surface area contributed by atoms with Crippen molar-refractivity contribution in [2.24, 2.45) is 0 Å². The Balaban J connectivity index is 2.84. The van der Waals surface area contributed by atoms with Gasteiger partial charge in [0.25, 0.3) is 0 Å². The molecule has 0 fully saturated rings. The lowest BCUT2D eigenvalue weighted by Gasteiger charge is -2.12. The normalized spacial score (nSPS) is 10.9. The molecule has 1 heterocycles. The molecule has 96 valence electrons. The van der Waals surface area contributed by atoms with E-state index in [1.807, 2.05) is 19.9 Å². The molecule has 0 saturated carbocycles. The summed E-state index contributed by atoms with van der Waals surface area (Å²) in [4.78, 5) is 4.52. The largest absolute Gasteiger partial charge is 0.475 e. The van der Waals surface area contributed by atoms with Crippen molar-refractivity contribution in [1.82, 2.24) is 10.3 Å². The summed E-state index contributed by atoms with van der Waals surface area (Å²) in [5.74, 6) is 0.749. The van der Waals surface area contributed by atoms with Crippen LogP contribution in [-0.2, 0) is 13.0 Å². The Bertz CT molecular complexity index is 337. The van der Waals surface area contributed by atoms with Crippen molar-refractivity contribution in [3.8, 4) is 5.88 Å². The van der Waals surface area contributed by atoms with Crippen LogP contribution >= 0.6 is 0 Å². The van der Waals surface area contributed by atoms with Crippen LogP contribution in [0.5, 0.6) is 5.88 Å². The SMILES string of the molecule is CCCc1cc(CNCC)cc(OC(C)C)n1. The molecule has 0 spiro atoms. The quantitative estimate of drug-likeness (QED) is 0.790. The smallest absolute Gasteiger partial charge is 0.214 e. The van der Waals surface area contributed by atoms with Crippen molar-refractivity contribution in [1.29, 1.82) is 0 Å². The van der Waals surface area contributed by atoms with Crippen molar-refractivity contribution in [3.05, 3.63) is 23.4 Å². The second-order valence-electron chi connectivity index (χ2n) is 4.50. The van der Waals surface area contributed by atoms with E-state index in [9.17, 15) is 0 Å². The van der Waals surface area contributed by atoms with Crippen LogP contribution in [-0.4, -0.2) is 17.6 Å². The van der Waals surface area contributed by atoms with E-state index < -0.39 is 0 Å². The number of nitrogens with zero attached hydrogens (tertiary/aromatic N) is 1. The summed E-state index contributed by atoms with van der Waals surface area (Å²) < 4.78 is 5.68. The van der Waals surface area contributed by atoms with Gasteiger partial charge in [0.15, 0.2) is 0 Å². The van der Waals surface area contributed by atoms with E-state index >= 15 is 0 Å². The van der Waals surface area contributed by atoms with Crippen LogP contribution in [0.15, 0.2) is 12.1 Å². The maximum atomic E-state index is 5.68. The fourth-order valence-corrected chi connectivity index (χ4v) is 1.68. The lowest BCUT2D eigenvalue weighted by atomic mass is 10.1. The van der Waals surface area contributed by atoms with Crippen molar-refractivity contribution in [2.75, 3.05) is 6.54 Å². The molecule has 0 aromatic carbocycles. The molecule has 3 nitrogen and oxygen atoms in total. The Labute approximate surface area is 105 Å². The van der Waals surface area contributed by atoms with Crippen LogP contribution in [0.4, 0.5) is 0 Å². The number of rotatable bonds is 7. The van der Waals surface area contributed by atoms with Gasteiger partial charge in [0.1, 0.15) is 0 Å². The third-order valence-electron chi connectivity index (χ3n) is 2.36. The monoisotopic (exact) mass is 236 g/mol. The third-order valence-corrected chi connectivity index (χ3v) is 2.36. The summed E-state index contributed by atoms with van der Waals surface area (Å²) in [6, 6.07) is 4.20. The highest BCUT2D eigenvalue weighted by atomic mass is 16.5. The van der Waals surface area contributed by atoms with E-state index in [4.69, 9.17) is 4.74 Å². The highest BCUT2D eigenvalue weighted by molar-refractivity contribution is 5.25. The number of hydrogen-bond donors (Lipinski definition) is 1. The predicted molar refractivity (Wildman–Crippen MR) is 71.4 cm³/mol. The first-order chi connectivity index (χ1) is 8.15. The van der Waals surface area contributed by atoms with Crippen LogP contribution in [0.25, 0.3) is 0 Å². The molecule has 3 heteroatoms. The average Bonchev–Trinajstić information content (AvgIpc) is 2.25. The van der Waals surface area contributed by atoms with Crippen molar-refractivity contribution in [2.45, 2.75) is 53.2 Å². The first-order valence-corrected chi connectivity index (χ1v) is 6.52. The van der Waals surface area contributed by atoms with Gasteiger partial charge in [-0.3, -0.25) is 0 Å². The van der Waals surface area contributed by atoms with E-state index in [2.05, 4.69) is 30.2 Å². The Morgan fingerprint density at radius 1 is 1.29 bits per heavy atom. The fourth-order valence-electron chi connectivity index (χ4n) is 1.68. The van der Waals surface area contributed by atoms with Gasteiger partial charge in [-0.25, -0.2) is 4.98 Å². The molecule has 1 aromatic heterocycles. The number of hydrogen-bond acceptors (Lipinski definition) is 3. The van der Waals surface area contributed by atoms with Gasteiger partial charge in [0, 0.05) is 18.3 Å². The minimum absolute atomic E-state index is 0.173. The van der Waals surface area contributed by atoms with E-state index in [1.165, 1.54) is 5.56 Å². The highest BCUT2D eigenvalue weighted by Crippen LogP contribution is 2.15. The highest BCUT2D eigenvalue weighted by Gasteiger charge is 2.05. The zero-order valence-corrected chi connectivity index (χ0v) is 11.4. The second-order valence-corrected chi connectivity index (χ2v) is 4.50. The first-order valence-electron chi connectivity index (χ1n) is 6.52. The van der Waals surface area contributed by atoms with Crippen molar-refractivity contribution < 1.29 is 4.74 Å². The maximum absolute atomic E-state index is 5.68. The molecule has 0 atom stereocenters. The van der Waals surface area contributed by atoms with Gasteiger partial charge < -0.3 is 10.1 Å². The molecule has 1 N–H and O–H groups in total. The van der Waals surface area contributed by atoms with Gasteiger partial charge in [-0.05, 0) is 38.4 Å². The summed E-state index contributed by atoms with van der Waals surface area (Å²) in [5, 5.41) is 3.33. The van der Waals surface area contributed by atoms with Gasteiger partial charge in [-0.1, -0.05) is 20.3 Å². The summed E-state index contributed by atoms with van der Waals surface area (Å²) in [5.41, 5.74) is 2.37. The van der Waals surface area contributed by atoms with E-state index in [1.54, 1.807) is 0 Å². The van der Waals surface area contributed by atoms with Crippen LogP contribution in [0, 0.1) is 0 Å². The number of nitrogens with one attached hydrogen (secondary N) is 1. The molecule has 0 aliphatic heterocycles. The van der Waals surface area contributed by atoms with Crippen LogP contribution in [0.1, 0.15) is 45.4 Å². The Hall–Kier alpha value is -1.09. The lowest BCUT2D eigenvalue weighted by Crippen LogP contribution is -2.13. The lowest BCUT2D eigenvalue weighted by molar-refractivity contribution is 0.231. The molecule has 0 unspecified atom stereocenters. The fraction of sp³-hybridized carbons (Fsp3) is 0.643. The molecule has 0 radical (unpaired) electrons. The number of ether oxygens (including phenoxy) is 1. The van der Waals surface area contributed by atoms with Gasteiger partial charge in [0.2, 0.25) is 5.88 Å². The minimum atomic E-state index is 0.173.